The van der Waals surface area contributed by atoms with Crippen LogP contribution in [0, 0.1) is 0 Å². The molecule has 4 heterocycles. The number of benzene rings is 4. The van der Waals surface area contributed by atoms with Gasteiger partial charge in [-0.1, -0.05) is 72.8 Å². The first-order chi connectivity index (χ1) is 30.0. The molecule has 8 rings (SSSR count). The first-order valence-corrected chi connectivity index (χ1v) is 22.0. The molecule has 2 aliphatic rings. The van der Waals surface area contributed by atoms with E-state index >= 15 is 0 Å². The van der Waals surface area contributed by atoms with Gasteiger partial charge in [-0.3, -0.25) is 0 Å². The zero-order valence-electron chi connectivity index (χ0n) is 34.7. The van der Waals surface area contributed by atoms with Gasteiger partial charge in [-0.15, -0.1) is 0 Å². The molecule has 4 N–H and O–H groups in total. The monoisotopic (exact) mass is 924 g/mol. The van der Waals surface area contributed by atoms with Gasteiger partial charge >= 0.3 is 59.1 Å². The number of hydrogen-bond donors (Lipinski definition) is 4. The van der Waals surface area contributed by atoms with E-state index in [9.17, 15) is 25.9 Å². The Bertz CT molecular complexity index is 2620. The fourth-order valence-corrected chi connectivity index (χ4v) is 7.97. The smallest absolute Gasteiger partial charge is 0.744 e. The molecule has 2 fully saturated rings. The molecule has 0 radical (unpaired) electrons. The molecule has 0 saturated carbocycles. The number of morpholine rings is 2. The molecule has 0 spiro atoms. The minimum Gasteiger partial charge on any atom is -0.744 e. The molecule has 0 bridgehead atoms. The van der Waals surface area contributed by atoms with Crippen LogP contribution in [0.4, 0.5) is 47.1 Å². The Labute approximate surface area is 413 Å². The van der Waals surface area contributed by atoms with Gasteiger partial charge in [-0.25, -0.2) is 16.8 Å². The van der Waals surface area contributed by atoms with Crippen LogP contribution in [0.5, 0.6) is 0 Å². The average molecular weight is 925 g/mol. The molecule has 0 aliphatic carbocycles. The minimum absolute atomic E-state index is 0. The van der Waals surface area contributed by atoms with E-state index in [0.717, 1.165) is 12.1 Å². The number of para-hydroxylation sites is 2. The van der Waals surface area contributed by atoms with Gasteiger partial charge in [0.25, 0.3) is 0 Å². The van der Waals surface area contributed by atoms with Crippen LogP contribution >= 0.6 is 0 Å². The van der Waals surface area contributed by atoms with E-state index in [1.54, 1.807) is 24.3 Å². The Hall–Kier alpha value is -4.82. The summed E-state index contributed by atoms with van der Waals surface area (Å²) >= 11 is 0. The first kappa shape index (κ1) is 48.6. The molecule has 24 heteroatoms. The maximum atomic E-state index is 13.0. The summed E-state index contributed by atoms with van der Waals surface area (Å²) in [5.74, 6) is 0.280. The van der Waals surface area contributed by atoms with Crippen molar-refractivity contribution in [1.29, 1.82) is 0 Å². The standard InChI is InChI=1S/C40H40N12O8S2.2Na/c53-61(54,55)31-17-9-7-15-29(31)33(43-37-45-35(41-27-11-3-1-4-12-27)47-39(49-37)51-19-23-59-24-20-51)34(30-16-8-10-18-32(30)62(56,57)58)44-38-46-36(42-28-13-5-2-6-14-28)48-40(50-38)52-21-25-60-26-22-52;;/h1-18H,19-26H2,(H,53,54,55)(H,56,57,58)(H2,41,43,45,47,49)(H2,42,44,46,48,50);;/q;2*+1/p-2. The van der Waals surface area contributed by atoms with Crippen molar-refractivity contribution in [2.75, 3.05) is 83.7 Å². The minimum atomic E-state index is -5.22. The van der Waals surface area contributed by atoms with Crippen molar-refractivity contribution in [3.05, 3.63) is 120 Å². The van der Waals surface area contributed by atoms with E-state index in [1.807, 2.05) is 46.2 Å². The van der Waals surface area contributed by atoms with Crippen molar-refractivity contribution >= 4 is 78.7 Å². The first-order valence-electron chi connectivity index (χ1n) is 19.2. The van der Waals surface area contributed by atoms with E-state index < -0.39 is 30.0 Å². The third kappa shape index (κ3) is 12.3. The van der Waals surface area contributed by atoms with Gasteiger partial charge in [0.05, 0.1) is 47.6 Å². The molecule has 4 aromatic carbocycles. The number of ether oxygens (including phenoxy) is 2. The molecule has 0 amide bonds. The summed E-state index contributed by atoms with van der Waals surface area (Å²) in [7, 11) is -10.4. The summed E-state index contributed by atoms with van der Waals surface area (Å²) in [6, 6.07) is 28.7. The molecule has 320 valence electrons. The SMILES string of the molecule is O=S(=O)([O-])c1ccccc1C(Nc1nc(Nc2ccccc2)nc(N2CCOCC2)n1)=C(Nc1nc(Nc2ccccc2)nc(N2CCOCC2)n1)c1ccccc1S(=O)(=O)[O-].[Na+].[Na+]. The Morgan fingerprint density at radius 1 is 0.469 bits per heavy atom. The molecule has 2 aromatic heterocycles. The van der Waals surface area contributed by atoms with Crippen molar-refractivity contribution in [2.45, 2.75) is 9.79 Å². The Morgan fingerprint density at radius 3 is 1.16 bits per heavy atom. The second-order valence-electron chi connectivity index (χ2n) is 13.6. The second kappa shape index (κ2) is 21.9. The number of nitrogens with one attached hydrogen (secondary N) is 4. The topological polar surface area (TPSA) is 265 Å². The van der Waals surface area contributed by atoms with E-state index in [0.29, 0.717) is 64.0 Å². The van der Waals surface area contributed by atoms with Gasteiger partial charge < -0.3 is 49.6 Å². The predicted octanol–water partition coefficient (Wildman–Crippen LogP) is -1.92. The van der Waals surface area contributed by atoms with Crippen molar-refractivity contribution in [3.8, 4) is 0 Å². The normalized spacial score (nSPS) is 14.6. The summed E-state index contributed by atoms with van der Waals surface area (Å²) in [5, 5.41) is 12.5. The van der Waals surface area contributed by atoms with Crippen LogP contribution in [0.25, 0.3) is 11.4 Å². The zero-order valence-corrected chi connectivity index (χ0v) is 40.3. The van der Waals surface area contributed by atoms with Crippen LogP contribution in [0.1, 0.15) is 11.1 Å². The van der Waals surface area contributed by atoms with E-state index in [1.165, 1.54) is 36.4 Å². The fourth-order valence-electron chi connectivity index (χ4n) is 6.60. The van der Waals surface area contributed by atoms with Gasteiger partial charge in [-0.05, 0) is 36.4 Å². The number of anilines is 8. The van der Waals surface area contributed by atoms with Gasteiger partial charge in [-0.2, -0.15) is 29.9 Å². The molecule has 2 saturated heterocycles. The van der Waals surface area contributed by atoms with Crippen LogP contribution in [0.15, 0.2) is 119 Å². The van der Waals surface area contributed by atoms with E-state index in [2.05, 4.69) is 41.2 Å². The van der Waals surface area contributed by atoms with Crippen molar-refractivity contribution in [1.82, 2.24) is 29.9 Å². The number of rotatable bonds is 14. The maximum absolute atomic E-state index is 13.0. The van der Waals surface area contributed by atoms with Crippen LogP contribution < -0.4 is 90.2 Å². The Morgan fingerprint density at radius 2 is 0.797 bits per heavy atom. The fraction of sp³-hybridized carbons (Fsp3) is 0.200. The largest absolute Gasteiger partial charge is 1.00 e. The van der Waals surface area contributed by atoms with Gasteiger partial charge in [0.1, 0.15) is 20.2 Å². The van der Waals surface area contributed by atoms with Crippen molar-refractivity contribution in [2.24, 2.45) is 0 Å². The van der Waals surface area contributed by atoms with Crippen LogP contribution in [0.3, 0.4) is 0 Å². The molecular formula is C40H38N12Na2O8S2. The molecule has 64 heavy (non-hydrogen) atoms. The predicted molar refractivity (Wildman–Crippen MR) is 228 cm³/mol. The third-order valence-electron chi connectivity index (χ3n) is 9.47. The average Bonchev–Trinajstić information content (AvgIpc) is 3.28. The summed E-state index contributed by atoms with van der Waals surface area (Å²) < 4.78 is 89.2. The number of hydrogen-bond acceptors (Lipinski definition) is 20. The molecule has 0 unspecified atom stereocenters. The molecule has 6 aromatic rings. The molecule has 0 atom stereocenters. The summed E-state index contributed by atoms with van der Waals surface area (Å²) in [6.07, 6.45) is 0. The van der Waals surface area contributed by atoms with Crippen molar-refractivity contribution < 1.29 is 94.5 Å². The summed E-state index contributed by atoms with van der Waals surface area (Å²) in [6.45, 7) is 3.29. The summed E-state index contributed by atoms with van der Waals surface area (Å²) in [4.78, 5) is 30.3. The van der Waals surface area contributed by atoms with Gasteiger partial charge in [0.15, 0.2) is 0 Å². The Balaban J connectivity index is 0.00000340. The van der Waals surface area contributed by atoms with Crippen molar-refractivity contribution in [3.63, 3.8) is 0 Å². The quantitative estimate of drug-likeness (QED) is 0.0527. The number of nitrogens with zero attached hydrogens (tertiary/aromatic N) is 8. The van der Waals surface area contributed by atoms with Crippen LogP contribution in [-0.2, 0) is 29.7 Å². The second-order valence-corrected chi connectivity index (χ2v) is 16.3. The molecule has 2 aliphatic heterocycles. The summed E-state index contributed by atoms with van der Waals surface area (Å²) in [5.41, 5.74) is 0.314. The van der Waals surface area contributed by atoms with E-state index in [4.69, 9.17) is 19.4 Å². The van der Waals surface area contributed by atoms with Gasteiger partial charge in [0.2, 0.25) is 35.7 Å². The Kier molecular flexibility index (Phi) is 16.6. The van der Waals surface area contributed by atoms with Crippen LogP contribution in [0.2, 0.25) is 0 Å². The molecule has 20 nitrogen and oxygen atoms in total. The van der Waals surface area contributed by atoms with Gasteiger partial charge in [0, 0.05) is 48.7 Å². The zero-order chi connectivity index (χ0) is 43.1. The third-order valence-corrected chi connectivity index (χ3v) is 11.3. The molecular weight excluding hydrogens is 887 g/mol. The van der Waals surface area contributed by atoms with E-state index in [-0.39, 0.29) is 117 Å². The van der Waals surface area contributed by atoms with Crippen LogP contribution in [-0.4, -0.2) is 108 Å². The number of aromatic nitrogens is 6. The maximum Gasteiger partial charge on any atom is 1.00 e.